The standard InChI is InChI=1S/C18H16ClFN6S/c19-18-25-17-15(27-18)16(22-10-23-17)24-13-3-5-26(6-4-13)9-11-1-2-14(20)12(7-11)8-21/h1-2,7,10,13H,3-6,9H2,(H,22,23,24)/i3D2,5D2,9D2,13D/hD. The molecule has 138 valence electrons. The van der Waals surface area contributed by atoms with E-state index in [1.54, 1.807) is 6.07 Å². The Bertz CT molecular complexity index is 1350. The normalized spacial score (nSPS) is 29.1. The summed E-state index contributed by atoms with van der Waals surface area (Å²) in [6.45, 7) is -6.30. The van der Waals surface area contributed by atoms with Crippen LogP contribution in [0.4, 0.5) is 10.2 Å². The number of hydrogen-bond donors (Lipinski definition) is 1. The van der Waals surface area contributed by atoms with Crippen LogP contribution >= 0.6 is 22.9 Å². The topological polar surface area (TPSA) is 77.7 Å². The summed E-state index contributed by atoms with van der Waals surface area (Å²) in [6.07, 6.45) is -2.60. The number of hydrogen-bond acceptors (Lipinski definition) is 7. The van der Waals surface area contributed by atoms with Crippen molar-refractivity contribution in [3.05, 3.63) is 45.9 Å². The van der Waals surface area contributed by atoms with Gasteiger partial charge in [-0.1, -0.05) is 29.0 Å². The van der Waals surface area contributed by atoms with Crippen LogP contribution in [0.25, 0.3) is 10.3 Å². The van der Waals surface area contributed by atoms with Crippen molar-refractivity contribution in [3.63, 3.8) is 0 Å². The lowest BCUT2D eigenvalue weighted by molar-refractivity contribution is 0.211. The minimum atomic E-state index is -3.16. The molecule has 27 heavy (non-hydrogen) atoms. The number of anilines is 1. The van der Waals surface area contributed by atoms with Crippen LogP contribution in [0.3, 0.4) is 0 Å². The van der Waals surface area contributed by atoms with E-state index in [0.29, 0.717) is 10.2 Å². The zero-order valence-electron chi connectivity index (χ0n) is 21.6. The largest absolute Gasteiger partial charge is 0.366 e. The van der Waals surface area contributed by atoms with Gasteiger partial charge in [0.2, 0.25) is 0 Å². The summed E-state index contributed by atoms with van der Waals surface area (Å²) >= 11 is 6.84. The number of piperidine rings is 1. The van der Waals surface area contributed by atoms with Crippen molar-refractivity contribution in [2.75, 3.05) is 18.4 Å². The number of nitrogens with one attached hydrogen (secondary N) is 1. The van der Waals surface area contributed by atoms with Gasteiger partial charge in [0, 0.05) is 33.8 Å². The summed E-state index contributed by atoms with van der Waals surface area (Å²) in [7, 11) is 0. The molecule has 0 aliphatic carbocycles. The highest BCUT2D eigenvalue weighted by Gasteiger charge is 2.21. The number of thiazole rings is 1. The molecule has 0 amide bonds. The molecule has 1 aliphatic heterocycles. The van der Waals surface area contributed by atoms with E-state index in [2.05, 4.69) is 15.0 Å². The molecule has 1 aromatic carbocycles. The van der Waals surface area contributed by atoms with E-state index >= 15 is 0 Å². The summed E-state index contributed by atoms with van der Waals surface area (Å²) in [5.74, 6) is -1.07. The van der Waals surface area contributed by atoms with Crippen molar-refractivity contribution in [3.8, 4) is 6.07 Å². The SMILES string of the molecule is [2H]N(c1ncnc2nc(Cl)sc12)C1([2H])CCN(C([2H])([2H])c2ccc(F)c(C#N)c2)C([2H])([2H])C1([2H])[2H]. The highest BCUT2D eigenvalue weighted by atomic mass is 35.5. The van der Waals surface area contributed by atoms with Crippen LogP contribution in [0.15, 0.2) is 24.5 Å². The van der Waals surface area contributed by atoms with E-state index in [-0.39, 0.29) is 26.2 Å². The molecular weight excluding hydrogens is 387 g/mol. The molecule has 1 atom stereocenters. The Balaban J connectivity index is 1.76. The maximum atomic E-state index is 13.8. The molecule has 2 aromatic heterocycles. The average molecular weight is 411 g/mol. The average Bonchev–Trinajstić information content (AvgIpc) is 3.17. The van der Waals surface area contributed by atoms with Gasteiger partial charge in [-0.2, -0.15) is 5.26 Å². The van der Waals surface area contributed by atoms with E-state index in [9.17, 15) is 4.39 Å². The summed E-state index contributed by atoms with van der Waals surface area (Å²) in [5, 5.41) is 9.53. The number of nitriles is 1. The number of likely N-dealkylation sites (tertiary alicyclic amines) is 1. The van der Waals surface area contributed by atoms with Gasteiger partial charge in [-0.15, -0.1) is 0 Å². The summed E-state index contributed by atoms with van der Waals surface area (Å²) < 4.78 is 82.9. The number of halogens is 2. The van der Waals surface area contributed by atoms with Crippen molar-refractivity contribution < 1.29 is 15.4 Å². The van der Waals surface area contributed by atoms with Gasteiger partial charge in [0.25, 0.3) is 0 Å². The lowest BCUT2D eigenvalue weighted by Crippen LogP contribution is -2.38. The van der Waals surface area contributed by atoms with Crippen LogP contribution < -0.4 is 5.31 Å². The molecule has 9 heteroatoms. The Labute approximate surface area is 175 Å². The Kier molecular flexibility index (Phi) is 3.11. The quantitative estimate of drug-likeness (QED) is 0.704. The smallest absolute Gasteiger partial charge is 0.186 e. The zero-order valence-corrected chi connectivity index (χ0v) is 15.1. The first-order valence-electron chi connectivity index (χ1n) is 11.7. The third-order valence-corrected chi connectivity index (χ3v) is 4.79. The van der Waals surface area contributed by atoms with Gasteiger partial charge in [-0.05, 0) is 30.5 Å². The highest BCUT2D eigenvalue weighted by Crippen LogP contribution is 2.30. The Hall–Kier alpha value is -2.34. The van der Waals surface area contributed by atoms with E-state index in [1.807, 2.05) is 0 Å². The van der Waals surface area contributed by atoms with Crippen LogP contribution in [-0.2, 0) is 6.50 Å². The minimum absolute atomic E-state index is 0.0894. The molecule has 4 rings (SSSR count). The lowest BCUT2D eigenvalue weighted by atomic mass is 10.0. The number of benzene rings is 1. The van der Waals surface area contributed by atoms with E-state index < -0.39 is 49.7 Å². The molecule has 0 bridgehead atoms. The summed E-state index contributed by atoms with van der Waals surface area (Å²) in [5.41, 5.74) is -0.574. The van der Waals surface area contributed by atoms with Crippen LogP contribution in [0.5, 0.6) is 0 Å². The molecule has 0 radical (unpaired) electrons. The molecule has 6 nitrogen and oxygen atoms in total. The molecule has 3 heterocycles. The number of nitrogens with zero attached hydrogens (tertiary/aromatic N) is 5. The van der Waals surface area contributed by atoms with Gasteiger partial charge in [0.15, 0.2) is 11.5 Å². The van der Waals surface area contributed by atoms with Crippen molar-refractivity contribution in [1.29, 1.82) is 5.26 Å². The van der Waals surface area contributed by atoms with Crippen molar-refractivity contribution >= 4 is 39.1 Å². The van der Waals surface area contributed by atoms with E-state index in [0.717, 1.165) is 35.9 Å². The van der Waals surface area contributed by atoms with Crippen molar-refractivity contribution in [2.24, 2.45) is 0 Å². The lowest BCUT2D eigenvalue weighted by Gasteiger charge is -2.32. The molecule has 1 saturated heterocycles. The number of aromatic nitrogens is 3. The molecule has 1 unspecified atom stereocenters. The minimum Gasteiger partial charge on any atom is -0.366 e. The molecular formula is C18H16ClFN6S. The van der Waals surface area contributed by atoms with E-state index in [1.165, 1.54) is 0 Å². The van der Waals surface area contributed by atoms with Crippen LogP contribution in [0.2, 0.25) is 5.88 Å². The third-order valence-electron chi connectivity index (χ3n) is 3.65. The molecule has 1 N–H and O–H groups in total. The van der Waals surface area contributed by atoms with Gasteiger partial charge in [-0.25, -0.2) is 19.3 Å². The first kappa shape index (κ1) is 10.9. The highest BCUT2D eigenvalue weighted by molar-refractivity contribution is 7.22. The summed E-state index contributed by atoms with van der Waals surface area (Å²) in [4.78, 5) is 12.5. The van der Waals surface area contributed by atoms with Gasteiger partial charge >= 0.3 is 0 Å². The first-order valence-corrected chi connectivity index (χ1v) is 8.92. The fourth-order valence-corrected chi connectivity index (χ4v) is 3.39. The van der Waals surface area contributed by atoms with Crippen LogP contribution in [0, 0.1) is 17.1 Å². The van der Waals surface area contributed by atoms with Gasteiger partial charge in [-0.3, -0.25) is 4.90 Å². The summed E-state index contributed by atoms with van der Waals surface area (Å²) in [6, 6.07) is 1.90. The molecule has 0 saturated carbocycles. The van der Waals surface area contributed by atoms with Crippen LogP contribution in [0.1, 0.15) is 33.5 Å². The molecule has 0 spiro atoms. The fourth-order valence-electron chi connectivity index (χ4n) is 2.40. The van der Waals surface area contributed by atoms with Crippen LogP contribution in [-0.4, -0.2) is 38.9 Å². The van der Waals surface area contributed by atoms with E-state index in [4.69, 9.17) is 27.9 Å². The molecule has 1 aliphatic rings. The number of fused-ring (bicyclic) bond motifs is 1. The maximum absolute atomic E-state index is 13.8. The number of rotatable bonds is 4. The Morgan fingerprint density at radius 1 is 1.59 bits per heavy atom. The second-order valence-electron chi connectivity index (χ2n) is 5.43. The predicted octanol–water partition coefficient (Wildman–Crippen LogP) is 3.83. The van der Waals surface area contributed by atoms with Crippen molar-refractivity contribution in [1.82, 2.24) is 19.9 Å². The monoisotopic (exact) mass is 410 g/mol. The van der Waals surface area contributed by atoms with Gasteiger partial charge < -0.3 is 5.31 Å². The Morgan fingerprint density at radius 3 is 3.33 bits per heavy atom. The van der Waals surface area contributed by atoms with Crippen molar-refractivity contribution in [2.45, 2.75) is 25.3 Å². The second kappa shape index (κ2) is 7.72. The zero-order chi connectivity index (χ0) is 26.0. The molecule has 3 aromatic rings. The van der Waals surface area contributed by atoms with Gasteiger partial charge in [0.1, 0.15) is 28.7 Å². The second-order valence-corrected chi connectivity index (χ2v) is 7.01. The van der Waals surface area contributed by atoms with Gasteiger partial charge in [0.05, 0.1) is 6.93 Å². The third kappa shape index (κ3) is 4.00. The first-order chi connectivity index (χ1) is 16.2. The Morgan fingerprint density at radius 2 is 2.48 bits per heavy atom. The predicted molar refractivity (Wildman–Crippen MR) is 103 cm³/mol. The maximum Gasteiger partial charge on any atom is 0.186 e. The molecule has 1 fully saturated rings. The fraction of sp³-hybridized carbons (Fsp3) is 0.333.